The molecule has 1 saturated carbocycles. The average molecular weight is 417 g/mol. The molecule has 0 aromatic carbocycles. The zero-order valence-corrected chi connectivity index (χ0v) is 16.7. The van der Waals surface area contributed by atoms with E-state index in [1.54, 1.807) is 12.3 Å². The van der Waals surface area contributed by atoms with Gasteiger partial charge < -0.3 is 9.47 Å². The van der Waals surface area contributed by atoms with Crippen molar-refractivity contribution in [2.75, 3.05) is 14.2 Å². The highest BCUT2D eigenvalue weighted by Crippen LogP contribution is 2.55. The van der Waals surface area contributed by atoms with E-state index in [2.05, 4.69) is 31.1 Å². The topological polar surface area (TPSA) is 111 Å². The molecule has 154 valence electrons. The van der Waals surface area contributed by atoms with Crippen LogP contribution in [0, 0.1) is 17.3 Å². The van der Waals surface area contributed by atoms with Crippen LogP contribution in [0.4, 0.5) is 4.39 Å². The van der Waals surface area contributed by atoms with Gasteiger partial charge >= 0.3 is 6.01 Å². The number of aromatic nitrogens is 6. The van der Waals surface area contributed by atoms with Crippen LogP contribution in [0.1, 0.15) is 35.1 Å². The first kappa shape index (κ1) is 18.9. The maximum absolute atomic E-state index is 14.4. The molecule has 0 unspecified atom stereocenters. The number of rotatable bonds is 5. The molecule has 0 N–H and O–H groups in total. The molecule has 0 spiro atoms. The molecule has 4 aromatic rings. The minimum atomic E-state index is -0.569. The second-order valence-electron chi connectivity index (χ2n) is 7.11. The molecule has 9 nitrogen and oxygen atoms in total. The van der Waals surface area contributed by atoms with Gasteiger partial charge in [-0.05, 0) is 30.5 Å². The van der Waals surface area contributed by atoms with Gasteiger partial charge in [0.05, 0.1) is 37.2 Å². The summed E-state index contributed by atoms with van der Waals surface area (Å²) in [5.74, 6) is -0.0521. The van der Waals surface area contributed by atoms with Gasteiger partial charge in [0.1, 0.15) is 6.07 Å². The Bertz CT molecular complexity index is 1330. The van der Waals surface area contributed by atoms with Crippen molar-refractivity contribution in [3.05, 3.63) is 59.6 Å². The Morgan fingerprint density at radius 3 is 2.68 bits per heavy atom. The van der Waals surface area contributed by atoms with Crippen LogP contribution in [0.5, 0.6) is 11.9 Å². The summed E-state index contributed by atoms with van der Waals surface area (Å²) in [4.78, 5) is 17.0. The normalized spacial score (nSPS) is 17.4. The fraction of sp³-hybridized carbons (Fsp3) is 0.238. The monoisotopic (exact) mass is 417 g/mol. The van der Waals surface area contributed by atoms with E-state index < -0.39 is 5.95 Å². The maximum atomic E-state index is 14.4. The predicted octanol–water partition coefficient (Wildman–Crippen LogP) is 2.88. The molecule has 5 rings (SSSR count). The third kappa shape index (κ3) is 3.20. The van der Waals surface area contributed by atoms with Crippen molar-refractivity contribution < 1.29 is 13.9 Å². The SMILES string of the molecule is COc1ncc(-c2cc([C@H]3C[C@@H]3c3ccc(C#N)cn3)c3ncc(F)n3n2)c(OC)n1. The zero-order chi connectivity index (χ0) is 21.5. The third-order valence-electron chi connectivity index (χ3n) is 5.32. The number of hydrogen-bond donors (Lipinski definition) is 0. The largest absolute Gasteiger partial charge is 0.480 e. The van der Waals surface area contributed by atoms with Gasteiger partial charge in [-0.2, -0.15) is 24.3 Å². The molecule has 1 fully saturated rings. The van der Waals surface area contributed by atoms with Gasteiger partial charge in [0, 0.05) is 29.6 Å². The summed E-state index contributed by atoms with van der Waals surface area (Å²) < 4.78 is 26.0. The van der Waals surface area contributed by atoms with Crippen LogP contribution < -0.4 is 9.47 Å². The lowest BCUT2D eigenvalue weighted by molar-refractivity contribution is 0.353. The molecule has 0 aliphatic heterocycles. The molecule has 0 bridgehead atoms. The van der Waals surface area contributed by atoms with E-state index in [1.165, 1.54) is 24.9 Å². The highest BCUT2D eigenvalue weighted by Gasteiger charge is 2.42. The van der Waals surface area contributed by atoms with Gasteiger partial charge in [-0.25, -0.2) is 9.97 Å². The van der Waals surface area contributed by atoms with Gasteiger partial charge in [0.15, 0.2) is 5.65 Å². The quantitative estimate of drug-likeness (QED) is 0.487. The number of nitriles is 1. The van der Waals surface area contributed by atoms with Crippen molar-refractivity contribution in [2.24, 2.45) is 0 Å². The number of halogens is 1. The van der Waals surface area contributed by atoms with Crippen LogP contribution in [0.3, 0.4) is 0 Å². The van der Waals surface area contributed by atoms with E-state index in [0.717, 1.165) is 23.9 Å². The molecule has 1 aliphatic rings. The van der Waals surface area contributed by atoms with E-state index >= 15 is 0 Å². The van der Waals surface area contributed by atoms with Gasteiger partial charge in [0.2, 0.25) is 11.8 Å². The fourth-order valence-corrected chi connectivity index (χ4v) is 3.71. The van der Waals surface area contributed by atoms with Crippen molar-refractivity contribution in [1.29, 1.82) is 5.26 Å². The number of imidazole rings is 1. The lowest BCUT2D eigenvalue weighted by atomic mass is 10.1. The highest BCUT2D eigenvalue weighted by molar-refractivity contribution is 5.68. The predicted molar refractivity (Wildman–Crippen MR) is 106 cm³/mol. The van der Waals surface area contributed by atoms with Crippen LogP contribution in [-0.4, -0.2) is 43.8 Å². The highest BCUT2D eigenvalue weighted by atomic mass is 19.1. The zero-order valence-electron chi connectivity index (χ0n) is 16.7. The smallest absolute Gasteiger partial charge is 0.319 e. The van der Waals surface area contributed by atoms with Crippen molar-refractivity contribution in [1.82, 2.24) is 29.5 Å². The summed E-state index contributed by atoms with van der Waals surface area (Å²) in [6.07, 6.45) is 5.08. The number of nitrogens with zero attached hydrogens (tertiary/aromatic N) is 7. The summed E-state index contributed by atoms with van der Waals surface area (Å²) >= 11 is 0. The molecule has 10 heteroatoms. The Morgan fingerprint density at radius 2 is 1.97 bits per heavy atom. The van der Waals surface area contributed by atoms with Gasteiger partial charge in [0.25, 0.3) is 0 Å². The summed E-state index contributed by atoms with van der Waals surface area (Å²) in [5.41, 5.74) is 3.67. The lowest BCUT2D eigenvalue weighted by Crippen LogP contribution is -2.04. The third-order valence-corrected chi connectivity index (χ3v) is 5.32. The van der Waals surface area contributed by atoms with Crippen LogP contribution in [-0.2, 0) is 0 Å². The minimum Gasteiger partial charge on any atom is -0.480 e. The van der Waals surface area contributed by atoms with E-state index in [0.29, 0.717) is 22.5 Å². The van der Waals surface area contributed by atoms with E-state index in [1.807, 2.05) is 12.1 Å². The average Bonchev–Trinajstić information content (AvgIpc) is 3.54. The number of pyridine rings is 1. The molecular formula is C21H16FN7O2. The van der Waals surface area contributed by atoms with Crippen molar-refractivity contribution >= 4 is 5.65 Å². The first-order chi connectivity index (χ1) is 15.1. The summed E-state index contributed by atoms with van der Waals surface area (Å²) in [6, 6.07) is 7.70. The van der Waals surface area contributed by atoms with Crippen LogP contribution in [0.15, 0.2) is 36.8 Å². The number of methoxy groups -OCH3 is 2. The number of ether oxygens (including phenoxy) is 2. The summed E-state index contributed by atoms with van der Waals surface area (Å²) in [5, 5.41) is 13.4. The van der Waals surface area contributed by atoms with Gasteiger partial charge in [-0.15, -0.1) is 0 Å². The maximum Gasteiger partial charge on any atom is 0.319 e. The molecule has 1 aliphatic carbocycles. The molecule has 0 amide bonds. The molecule has 2 atom stereocenters. The Morgan fingerprint density at radius 1 is 1.10 bits per heavy atom. The minimum absolute atomic E-state index is 0.0941. The van der Waals surface area contributed by atoms with E-state index in [-0.39, 0.29) is 23.7 Å². The van der Waals surface area contributed by atoms with Crippen LogP contribution in [0.25, 0.3) is 16.9 Å². The second kappa shape index (κ2) is 7.28. The van der Waals surface area contributed by atoms with E-state index in [9.17, 15) is 4.39 Å². The first-order valence-electron chi connectivity index (χ1n) is 9.48. The molecule has 0 saturated heterocycles. The Hall–Kier alpha value is -4.13. The standard InChI is InChI=1S/C21H16FN7O2/c1-30-20-15(9-26-21(27-20)31-2)17-6-14(19-25-10-18(22)29(19)28-17)12-5-13(12)16-4-3-11(7-23)8-24-16/h3-4,6,8-10,12-13H,5H2,1-2H3/t12-,13-/m0/s1. The Kier molecular flexibility index (Phi) is 4.43. The summed E-state index contributed by atoms with van der Waals surface area (Å²) in [7, 11) is 2.94. The second-order valence-corrected chi connectivity index (χ2v) is 7.11. The number of fused-ring (bicyclic) bond motifs is 1. The van der Waals surface area contributed by atoms with Crippen molar-refractivity contribution in [3.63, 3.8) is 0 Å². The van der Waals surface area contributed by atoms with Gasteiger partial charge in [-0.1, -0.05) is 0 Å². The molecule has 0 radical (unpaired) electrons. The molecule has 4 aromatic heterocycles. The van der Waals surface area contributed by atoms with Crippen molar-refractivity contribution in [2.45, 2.75) is 18.3 Å². The summed E-state index contributed by atoms with van der Waals surface area (Å²) in [6.45, 7) is 0. The van der Waals surface area contributed by atoms with Crippen LogP contribution >= 0.6 is 0 Å². The Labute approximate surface area is 176 Å². The lowest BCUT2D eigenvalue weighted by Gasteiger charge is -2.10. The fourth-order valence-electron chi connectivity index (χ4n) is 3.71. The molecular weight excluding hydrogens is 401 g/mol. The molecule has 31 heavy (non-hydrogen) atoms. The number of hydrogen-bond acceptors (Lipinski definition) is 8. The van der Waals surface area contributed by atoms with E-state index in [4.69, 9.17) is 14.7 Å². The molecule has 4 heterocycles. The first-order valence-corrected chi connectivity index (χ1v) is 9.48. The van der Waals surface area contributed by atoms with Crippen molar-refractivity contribution in [3.8, 4) is 29.2 Å². The van der Waals surface area contributed by atoms with Gasteiger partial charge in [-0.3, -0.25) is 4.98 Å². The van der Waals surface area contributed by atoms with Crippen LogP contribution in [0.2, 0.25) is 0 Å². The Balaban J connectivity index is 1.59.